The zero-order valence-electron chi connectivity index (χ0n) is 14.0. The van der Waals surface area contributed by atoms with Crippen LogP contribution in [0.5, 0.6) is 0 Å². The van der Waals surface area contributed by atoms with Crippen molar-refractivity contribution in [2.45, 2.75) is 31.6 Å². The van der Waals surface area contributed by atoms with Crippen molar-refractivity contribution in [1.29, 1.82) is 5.26 Å². The maximum absolute atomic E-state index is 12.1. The standard InChI is InChI=1S/C18H23N3O2S/c1-12(10-19)11-24-16-6-4-3-5-15(16)21-17(22)7-8-20-18(23)14-9-13(14)2/h3-6,12-14H,7-9,11H2,1-2H3,(H,20,23)(H,21,22)/t12-,13-,14-/m1/s1. The van der Waals surface area contributed by atoms with Crippen molar-refractivity contribution in [2.75, 3.05) is 17.6 Å². The second-order valence-electron chi connectivity index (χ2n) is 6.25. The third-order valence-corrected chi connectivity index (χ3v) is 5.30. The molecule has 0 saturated heterocycles. The van der Waals surface area contributed by atoms with Crippen LogP contribution in [0.1, 0.15) is 26.7 Å². The van der Waals surface area contributed by atoms with E-state index in [9.17, 15) is 9.59 Å². The molecule has 128 valence electrons. The Bertz CT molecular complexity index is 641. The van der Waals surface area contributed by atoms with E-state index in [2.05, 4.69) is 23.6 Å². The molecule has 0 aliphatic heterocycles. The van der Waals surface area contributed by atoms with Crippen LogP contribution in [-0.2, 0) is 9.59 Å². The molecule has 0 bridgehead atoms. The molecule has 0 radical (unpaired) electrons. The lowest BCUT2D eigenvalue weighted by Gasteiger charge is -2.11. The lowest BCUT2D eigenvalue weighted by atomic mass is 10.3. The highest BCUT2D eigenvalue weighted by Crippen LogP contribution is 2.37. The largest absolute Gasteiger partial charge is 0.355 e. The quantitative estimate of drug-likeness (QED) is 0.710. The molecule has 1 aromatic rings. The van der Waals surface area contributed by atoms with Gasteiger partial charge in [-0.15, -0.1) is 11.8 Å². The van der Waals surface area contributed by atoms with Crippen LogP contribution in [0.4, 0.5) is 5.69 Å². The van der Waals surface area contributed by atoms with Crippen LogP contribution in [-0.4, -0.2) is 24.1 Å². The number of hydrogen-bond acceptors (Lipinski definition) is 4. The van der Waals surface area contributed by atoms with Gasteiger partial charge >= 0.3 is 0 Å². The van der Waals surface area contributed by atoms with Crippen LogP contribution in [0.3, 0.4) is 0 Å². The maximum Gasteiger partial charge on any atom is 0.226 e. The van der Waals surface area contributed by atoms with Crippen molar-refractivity contribution in [3.8, 4) is 6.07 Å². The van der Waals surface area contributed by atoms with Crippen molar-refractivity contribution < 1.29 is 9.59 Å². The average Bonchev–Trinajstić information content (AvgIpc) is 3.30. The third kappa shape index (κ3) is 5.57. The number of anilines is 1. The minimum atomic E-state index is -0.125. The Hall–Kier alpha value is -2.00. The van der Waals surface area contributed by atoms with Crippen LogP contribution in [0.15, 0.2) is 29.2 Å². The van der Waals surface area contributed by atoms with E-state index in [1.54, 1.807) is 11.8 Å². The molecule has 0 heterocycles. The predicted octanol–water partition coefficient (Wildman–Crippen LogP) is 3.04. The van der Waals surface area contributed by atoms with Gasteiger partial charge in [-0.1, -0.05) is 19.1 Å². The van der Waals surface area contributed by atoms with E-state index in [-0.39, 0.29) is 30.1 Å². The Kier molecular flexibility index (Phi) is 6.68. The van der Waals surface area contributed by atoms with E-state index < -0.39 is 0 Å². The number of carbonyl (C=O) groups excluding carboxylic acids is 2. The lowest BCUT2D eigenvalue weighted by Crippen LogP contribution is -2.29. The second kappa shape index (κ2) is 8.74. The highest BCUT2D eigenvalue weighted by Gasteiger charge is 2.38. The summed E-state index contributed by atoms with van der Waals surface area (Å²) in [7, 11) is 0. The van der Waals surface area contributed by atoms with Crippen molar-refractivity contribution in [3.63, 3.8) is 0 Å². The molecule has 0 spiro atoms. The van der Waals surface area contributed by atoms with E-state index >= 15 is 0 Å². The number of carbonyl (C=O) groups is 2. The Morgan fingerprint density at radius 1 is 1.42 bits per heavy atom. The summed E-state index contributed by atoms with van der Waals surface area (Å²) in [6.07, 6.45) is 1.20. The highest BCUT2D eigenvalue weighted by molar-refractivity contribution is 7.99. The van der Waals surface area contributed by atoms with Gasteiger partial charge in [0.15, 0.2) is 0 Å². The number of amides is 2. The van der Waals surface area contributed by atoms with Crippen LogP contribution >= 0.6 is 11.8 Å². The van der Waals surface area contributed by atoms with E-state index in [0.717, 1.165) is 17.0 Å². The molecule has 0 aromatic heterocycles. The number of thioether (sulfide) groups is 1. The molecule has 2 N–H and O–H groups in total. The van der Waals surface area contributed by atoms with Gasteiger partial charge in [0.25, 0.3) is 0 Å². The van der Waals surface area contributed by atoms with E-state index in [4.69, 9.17) is 5.26 Å². The van der Waals surface area contributed by atoms with Gasteiger partial charge in [-0.25, -0.2) is 0 Å². The number of nitrogens with zero attached hydrogens (tertiary/aromatic N) is 1. The maximum atomic E-state index is 12.1. The fourth-order valence-electron chi connectivity index (χ4n) is 2.28. The monoisotopic (exact) mass is 345 g/mol. The minimum absolute atomic E-state index is 0.0428. The Morgan fingerprint density at radius 2 is 2.12 bits per heavy atom. The van der Waals surface area contributed by atoms with Gasteiger partial charge in [0, 0.05) is 29.5 Å². The summed E-state index contributed by atoms with van der Waals surface area (Å²) in [4.78, 5) is 24.7. The fraction of sp³-hybridized carbons (Fsp3) is 0.500. The number of rotatable bonds is 8. The first kappa shape index (κ1) is 18.3. The molecule has 2 rings (SSSR count). The number of benzene rings is 1. The first-order valence-corrected chi connectivity index (χ1v) is 9.18. The average molecular weight is 345 g/mol. The smallest absolute Gasteiger partial charge is 0.226 e. The molecule has 24 heavy (non-hydrogen) atoms. The molecule has 1 aliphatic rings. The SMILES string of the molecule is C[C@H](C#N)CSc1ccccc1NC(=O)CCNC(=O)[C@@H]1C[C@H]1C. The fourth-order valence-corrected chi connectivity index (χ4v) is 3.23. The zero-order valence-corrected chi connectivity index (χ0v) is 14.9. The molecule has 1 aromatic carbocycles. The van der Waals surface area contributed by atoms with E-state index in [1.165, 1.54) is 0 Å². The van der Waals surface area contributed by atoms with Crippen LogP contribution in [0.25, 0.3) is 0 Å². The molecule has 2 amide bonds. The van der Waals surface area contributed by atoms with Crippen LogP contribution < -0.4 is 10.6 Å². The van der Waals surface area contributed by atoms with Gasteiger partial charge in [-0.2, -0.15) is 5.26 Å². The lowest BCUT2D eigenvalue weighted by molar-refractivity contribution is -0.122. The molecule has 1 saturated carbocycles. The summed E-state index contributed by atoms with van der Waals surface area (Å²) in [6.45, 7) is 4.28. The summed E-state index contributed by atoms with van der Waals surface area (Å²) < 4.78 is 0. The van der Waals surface area contributed by atoms with Gasteiger partial charge in [0.1, 0.15) is 0 Å². The summed E-state index contributed by atoms with van der Waals surface area (Å²) in [5.74, 6) is 1.17. The molecule has 0 unspecified atom stereocenters. The topological polar surface area (TPSA) is 82.0 Å². The van der Waals surface area contributed by atoms with Gasteiger partial charge in [0.2, 0.25) is 11.8 Å². The Balaban J connectivity index is 1.78. The summed E-state index contributed by atoms with van der Waals surface area (Å²) in [5, 5.41) is 14.6. The molecule has 6 heteroatoms. The van der Waals surface area contributed by atoms with Crippen molar-refractivity contribution in [1.82, 2.24) is 5.32 Å². The summed E-state index contributed by atoms with van der Waals surface area (Å²) in [6, 6.07) is 9.76. The molecule has 1 fully saturated rings. The number of para-hydroxylation sites is 1. The van der Waals surface area contributed by atoms with Gasteiger partial charge in [0.05, 0.1) is 17.7 Å². The van der Waals surface area contributed by atoms with Gasteiger partial charge in [-0.3, -0.25) is 9.59 Å². The van der Waals surface area contributed by atoms with Crippen molar-refractivity contribution in [3.05, 3.63) is 24.3 Å². The van der Waals surface area contributed by atoms with Crippen molar-refractivity contribution >= 4 is 29.3 Å². The zero-order chi connectivity index (χ0) is 17.5. The normalized spacial score (nSPS) is 19.9. The first-order valence-electron chi connectivity index (χ1n) is 8.20. The van der Waals surface area contributed by atoms with Crippen molar-refractivity contribution in [2.24, 2.45) is 17.8 Å². The minimum Gasteiger partial charge on any atom is -0.355 e. The molecule has 5 nitrogen and oxygen atoms in total. The van der Waals surface area contributed by atoms with Crippen LogP contribution in [0, 0.1) is 29.1 Å². The Morgan fingerprint density at radius 3 is 2.79 bits per heavy atom. The first-order chi connectivity index (χ1) is 11.5. The Labute approximate surface area is 147 Å². The number of nitriles is 1. The van der Waals surface area contributed by atoms with Gasteiger partial charge in [-0.05, 0) is 31.4 Å². The highest BCUT2D eigenvalue weighted by atomic mass is 32.2. The number of hydrogen-bond donors (Lipinski definition) is 2. The molecule has 1 aliphatic carbocycles. The second-order valence-corrected chi connectivity index (χ2v) is 7.31. The molecular weight excluding hydrogens is 322 g/mol. The predicted molar refractivity (Wildman–Crippen MR) is 95.5 cm³/mol. The van der Waals surface area contributed by atoms with Gasteiger partial charge < -0.3 is 10.6 Å². The van der Waals surface area contributed by atoms with E-state index in [1.807, 2.05) is 31.2 Å². The summed E-state index contributed by atoms with van der Waals surface area (Å²) >= 11 is 1.56. The summed E-state index contributed by atoms with van der Waals surface area (Å²) in [5.41, 5.74) is 0.750. The van der Waals surface area contributed by atoms with Crippen LogP contribution in [0.2, 0.25) is 0 Å². The third-order valence-electron chi connectivity index (χ3n) is 3.97. The molecular formula is C18H23N3O2S. The number of nitrogens with one attached hydrogen (secondary N) is 2. The van der Waals surface area contributed by atoms with E-state index in [0.29, 0.717) is 18.2 Å². The molecule has 3 atom stereocenters.